The van der Waals surface area contributed by atoms with Crippen molar-refractivity contribution in [1.82, 2.24) is 14.9 Å². The molecule has 0 atom stereocenters. The number of fused-ring (bicyclic) bond motifs is 1. The largest absolute Gasteiger partial charge is 0.465 e. The number of hydrogen-bond donors (Lipinski definition) is 2. The van der Waals surface area contributed by atoms with Crippen molar-refractivity contribution >= 4 is 22.8 Å². The molecule has 0 spiro atoms. The Bertz CT molecular complexity index is 1170. The maximum Gasteiger partial charge on any atom is 0.343 e. The van der Waals surface area contributed by atoms with Gasteiger partial charge in [-0.15, -0.1) is 0 Å². The van der Waals surface area contributed by atoms with Crippen molar-refractivity contribution in [3.63, 3.8) is 0 Å². The van der Waals surface area contributed by atoms with Gasteiger partial charge in [-0.05, 0) is 50.5 Å². The van der Waals surface area contributed by atoms with E-state index in [-0.39, 0.29) is 23.7 Å². The molecule has 0 bridgehead atoms. The van der Waals surface area contributed by atoms with Gasteiger partial charge in [-0.1, -0.05) is 13.0 Å². The number of pyridine rings is 1. The first-order valence-electron chi connectivity index (χ1n) is 9.99. The Hall–Kier alpha value is -3.35. The second-order valence-electron chi connectivity index (χ2n) is 7.59. The summed E-state index contributed by atoms with van der Waals surface area (Å²) in [6.07, 6.45) is 3.82. The van der Waals surface area contributed by atoms with Crippen LogP contribution in [-0.2, 0) is 17.7 Å². The fraction of sp³-hybridized carbons (Fsp3) is 0.348. The van der Waals surface area contributed by atoms with Gasteiger partial charge < -0.3 is 19.6 Å². The standard InChI is InChI=1S/C23H27N3O4/c1-6-19-14(4)16-9-15(7-8-20(16)25-19)10-24-22(28)17-11-26(13(2)3)12-18(21(17)27)23(29)30-5/h7-9,11-13,25H,6,10H2,1-5H3,(H,24,28). The highest BCUT2D eigenvalue weighted by Crippen LogP contribution is 2.23. The molecule has 0 saturated carbocycles. The molecule has 3 aromatic rings. The van der Waals surface area contributed by atoms with Crippen molar-refractivity contribution in [2.45, 2.75) is 46.7 Å². The predicted molar refractivity (Wildman–Crippen MR) is 116 cm³/mol. The van der Waals surface area contributed by atoms with Gasteiger partial charge in [0, 0.05) is 41.6 Å². The highest BCUT2D eigenvalue weighted by molar-refractivity contribution is 5.97. The summed E-state index contributed by atoms with van der Waals surface area (Å²) < 4.78 is 6.35. The zero-order valence-corrected chi connectivity index (χ0v) is 18.0. The van der Waals surface area contributed by atoms with Gasteiger partial charge in [-0.2, -0.15) is 0 Å². The molecule has 7 nitrogen and oxygen atoms in total. The third kappa shape index (κ3) is 4.01. The molecule has 0 fully saturated rings. The average molecular weight is 409 g/mol. The first-order valence-corrected chi connectivity index (χ1v) is 9.99. The number of nitrogens with zero attached hydrogens (tertiary/aromatic N) is 1. The lowest BCUT2D eigenvalue weighted by Gasteiger charge is -2.14. The van der Waals surface area contributed by atoms with Crippen LogP contribution in [-0.4, -0.2) is 28.5 Å². The topological polar surface area (TPSA) is 93.2 Å². The molecule has 1 aromatic carbocycles. The van der Waals surface area contributed by atoms with Crippen LogP contribution in [0.25, 0.3) is 10.9 Å². The molecule has 0 saturated heterocycles. The fourth-order valence-electron chi connectivity index (χ4n) is 3.48. The summed E-state index contributed by atoms with van der Waals surface area (Å²) in [5.41, 5.74) is 3.50. The summed E-state index contributed by atoms with van der Waals surface area (Å²) in [6.45, 7) is 8.24. The maximum atomic E-state index is 12.8. The van der Waals surface area contributed by atoms with E-state index in [1.54, 1.807) is 4.57 Å². The van der Waals surface area contributed by atoms with Crippen molar-refractivity contribution < 1.29 is 14.3 Å². The second kappa shape index (κ2) is 8.57. The van der Waals surface area contributed by atoms with Gasteiger partial charge in [0.05, 0.1) is 7.11 Å². The summed E-state index contributed by atoms with van der Waals surface area (Å²) in [5.74, 6) is -1.29. The van der Waals surface area contributed by atoms with Crippen LogP contribution in [0, 0.1) is 6.92 Å². The normalized spacial score (nSPS) is 11.1. The number of methoxy groups -OCH3 is 1. The van der Waals surface area contributed by atoms with Crippen LogP contribution in [0.1, 0.15) is 64.3 Å². The van der Waals surface area contributed by atoms with Crippen LogP contribution in [0.3, 0.4) is 0 Å². The van der Waals surface area contributed by atoms with Crippen LogP contribution in [0.15, 0.2) is 35.4 Å². The molecule has 0 aliphatic heterocycles. The highest BCUT2D eigenvalue weighted by atomic mass is 16.5. The number of benzene rings is 1. The summed E-state index contributed by atoms with van der Waals surface area (Å²) in [6, 6.07) is 5.94. The van der Waals surface area contributed by atoms with E-state index in [2.05, 4.69) is 24.1 Å². The van der Waals surface area contributed by atoms with E-state index >= 15 is 0 Å². The van der Waals surface area contributed by atoms with Crippen LogP contribution in [0.5, 0.6) is 0 Å². The number of hydrogen-bond acceptors (Lipinski definition) is 4. The molecular formula is C23H27N3O4. The molecule has 2 N–H and O–H groups in total. The van der Waals surface area contributed by atoms with E-state index in [4.69, 9.17) is 4.74 Å². The summed E-state index contributed by atoms with van der Waals surface area (Å²) in [4.78, 5) is 40.8. The molecule has 0 aliphatic rings. The average Bonchev–Trinajstić information content (AvgIpc) is 3.06. The van der Waals surface area contributed by atoms with Crippen molar-refractivity contribution in [2.24, 2.45) is 0 Å². The van der Waals surface area contributed by atoms with Crippen LogP contribution < -0.4 is 10.7 Å². The minimum atomic E-state index is -0.760. The number of carbonyl (C=O) groups is 2. The number of rotatable bonds is 6. The number of ether oxygens (including phenoxy) is 1. The number of H-pyrrole nitrogens is 1. The molecule has 0 unspecified atom stereocenters. The van der Waals surface area contributed by atoms with Gasteiger partial charge in [-0.3, -0.25) is 9.59 Å². The van der Waals surface area contributed by atoms with E-state index in [1.807, 2.05) is 32.0 Å². The van der Waals surface area contributed by atoms with E-state index < -0.39 is 17.3 Å². The molecule has 0 radical (unpaired) electrons. The first kappa shape index (κ1) is 21.4. The number of aromatic nitrogens is 2. The molecule has 3 rings (SSSR count). The van der Waals surface area contributed by atoms with Gasteiger partial charge in [0.15, 0.2) is 0 Å². The summed E-state index contributed by atoms with van der Waals surface area (Å²) in [5, 5.41) is 3.92. The van der Waals surface area contributed by atoms with E-state index in [1.165, 1.54) is 30.8 Å². The predicted octanol–water partition coefficient (Wildman–Crippen LogP) is 3.50. The van der Waals surface area contributed by atoms with Gasteiger partial charge in [-0.25, -0.2) is 4.79 Å². The molecule has 2 heterocycles. The van der Waals surface area contributed by atoms with Crippen LogP contribution in [0.2, 0.25) is 0 Å². The summed E-state index contributed by atoms with van der Waals surface area (Å²) >= 11 is 0. The van der Waals surface area contributed by atoms with Crippen molar-refractivity contribution in [3.8, 4) is 0 Å². The SMILES string of the molecule is CCc1[nH]c2ccc(CNC(=O)c3cn(C(C)C)cc(C(=O)OC)c3=O)cc2c1C. The number of aryl methyl sites for hydroxylation is 2. The number of aromatic amines is 1. The lowest BCUT2D eigenvalue weighted by Crippen LogP contribution is -2.32. The van der Waals surface area contributed by atoms with Crippen molar-refractivity contribution in [3.05, 3.63) is 68.8 Å². The molecule has 30 heavy (non-hydrogen) atoms. The Labute approximate surface area is 175 Å². The Morgan fingerprint density at radius 3 is 2.53 bits per heavy atom. The van der Waals surface area contributed by atoms with Crippen molar-refractivity contribution in [1.29, 1.82) is 0 Å². The Balaban J connectivity index is 1.88. The molecule has 7 heteroatoms. The zero-order valence-electron chi connectivity index (χ0n) is 18.0. The van der Waals surface area contributed by atoms with Crippen LogP contribution >= 0.6 is 0 Å². The monoisotopic (exact) mass is 409 g/mol. The number of nitrogens with one attached hydrogen (secondary N) is 2. The minimum absolute atomic E-state index is 0.0349. The van der Waals surface area contributed by atoms with E-state index in [0.29, 0.717) is 0 Å². The second-order valence-corrected chi connectivity index (χ2v) is 7.59. The molecular weight excluding hydrogens is 382 g/mol. The van der Waals surface area contributed by atoms with Gasteiger partial charge in [0.2, 0.25) is 5.43 Å². The number of esters is 1. The zero-order chi connectivity index (χ0) is 22.0. The van der Waals surface area contributed by atoms with Gasteiger partial charge >= 0.3 is 5.97 Å². The number of carbonyl (C=O) groups excluding carboxylic acids is 2. The molecule has 1 amide bonds. The van der Waals surface area contributed by atoms with Crippen molar-refractivity contribution in [2.75, 3.05) is 7.11 Å². The number of amides is 1. The first-order chi connectivity index (χ1) is 14.3. The van der Waals surface area contributed by atoms with Gasteiger partial charge in [0.25, 0.3) is 5.91 Å². The van der Waals surface area contributed by atoms with Gasteiger partial charge in [0.1, 0.15) is 11.1 Å². The third-order valence-electron chi connectivity index (χ3n) is 5.32. The molecule has 2 aromatic heterocycles. The molecule has 0 aliphatic carbocycles. The highest BCUT2D eigenvalue weighted by Gasteiger charge is 2.20. The van der Waals surface area contributed by atoms with Crippen LogP contribution in [0.4, 0.5) is 0 Å². The van der Waals surface area contributed by atoms with E-state index in [9.17, 15) is 14.4 Å². The Morgan fingerprint density at radius 1 is 1.20 bits per heavy atom. The smallest absolute Gasteiger partial charge is 0.343 e. The lowest BCUT2D eigenvalue weighted by atomic mass is 10.1. The maximum absolute atomic E-state index is 12.8. The fourth-order valence-corrected chi connectivity index (χ4v) is 3.48. The third-order valence-corrected chi connectivity index (χ3v) is 5.32. The minimum Gasteiger partial charge on any atom is -0.465 e. The Kier molecular flexibility index (Phi) is 6.10. The summed E-state index contributed by atoms with van der Waals surface area (Å²) in [7, 11) is 1.21. The molecule has 158 valence electrons. The van der Waals surface area contributed by atoms with E-state index in [0.717, 1.165) is 22.9 Å². The Morgan fingerprint density at radius 2 is 1.90 bits per heavy atom. The quantitative estimate of drug-likeness (QED) is 0.610. The lowest BCUT2D eigenvalue weighted by molar-refractivity contribution is 0.0598.